The molecular weight excluding hydrogens is 224 g/mol. The Labute approximate surface area is 108 Å². The van der Waals surface area contributed by atoms with E-state index in [1.807, 2.05) is 30.1 Å². The first-order valence-electron chi connectivity index (χ1n) is 6.30. The van der Waals surface area contributed by atoms with Gasteiger partial charge in [0.25, 0.3) is 0 Å². The molecule has 0 aromatic carbocycles. The van der Waals surface area contributed by atoms with E-state index in [-0.39, 0.29) is 0 Å². The van der Waals surface area contributed by atoms with Gasteiger partial charge in [0, 0.05) is 43.3 Å². The van der Waals surface area contributed by atoms with E-state index < -0.39 is 0 Å². The predicted octanol–water partition coefficient (Wildman–Crippen LogP) is 2.23. The zero-order valence-electron chi connectivity index (χ0n) is 11.2. The molecule has 0 radical (unpaired) electrons. The lowest BCUT2D eigenvalue weighted by molar-refractivity contribution is 0.552. The summed E-state index contributed by atoms with van der Waals surface area (Å²) in [5.41, 5.74) is 3.30. The average Bonchev–Trinajstić information content (AvgIpc) is 2.71. The Morgan fingerprint density at radius 1 is 1.39 bits per heavy atom. The van der Waals surface area contributed by atoms with Crippen LogP contribution in [0.1, 0.15) is 19.4 Å². The first-order chi connectivity index (χ1) is 8.66. The van der Waals surface area contributed by atoms with Crippen LogP contribution < -0.4 is 5.32 Å². The molecule has 0 saturated heterocycles. The van der Waals surface area contributed by atoms with Gasteiger partial charge in [-0.3, -0.25) is 9.67 Å². The van der Waals surface area contributed by atoms with Gasteiger partial charge in [-0.1, -0.05) is 13.8 Å². The highest BCUT2D eigenvalue weighted by atomic mass is 15.3. The molecule has 0 aliphatic carbocycles. The van der Waals surface area contributed by atoms with Crippen LogP contribution in [0.3, 0.4) is 0 Å². The summed E-state index contributed by atoms with van der Waals surface area (Å²) < 4.78 is 1.86. The number of rotatable bonds is 5. The van der Waals surface area contributed by atoms with Crippen LogP contribution in [0, 0.1) is 5.92 Å². The van der Waals surface area contributed by atoms with Crippen molar-refractivity contribution in [2.45, 2.75) is 20.4 Å². The predicted molar refractivity (Wildman–Crippen MR) is 73.0 cm³/mol. The molecule has 2 aromatic rings. The SMILES string of the molecule is CC(C)CNCc1cn(C)nc1-c1cccnc1. The summed E-state index contributed by atoms with van der Waals surface area (Å²) >= 11 is 0. The summed E-state index contributed by atoms with van der Waals surface area (Å²) in [5, 5.41) is 7.97. The fraction of sp³-hybridized carbons (Fsp3) is 0.429. The van der Waals surface area contributed by atoms with Crippen LogP contribution in [0.4, 0.5) is 0 Å². The highest BCUT2D eigenvalue weighted by molar-refractivity contribution is 5.61. The molecular formula is C14H20N4. The number of aryl methyl sites for hydroxylation is 1. The Kier molecular flexibility index (Phi) is 4.10. The molecule has 1 N–H and O–H groups in total. The molecule has 0 spiro atoms. The van der Waals surface area contributed by atoms with Gasteiger partial charge in [0.15, 0.2) is 0 Å². The van der Waals surface area contributed by atoms with E-state index in [1.165, 1.54) is 5.56 Å². The molecule has 0 bridgehead atoms. The van der Waals surface area contributed by atoms with Crippen LogP contribution in [-0.4, -0.2) is 21.3 Å². The van der Waals surface area contributed by atoms with Crippen LogP contribution in [0.2, 0.25) is 0 Å². The smallest absolute Gasteiger partial charge is 0.0983 e. The summed E-state index contributed by atoms with van der Waals surface area (Å²) in [6, 6.07) is 3.98. The van der Waals surface area contributed by atoms with E-state index in [9.17, 15) is 0 Å². The zero-order valence-corrected chi connectivity index (χ0v) is 11.2. The van der Waals surface area contributed by atoms with Crippen molar-refractivity contribution in [3.05, 3.63) is 36.3 Å². The topological polar surface area (TPSA) is 42.7 Å². The van der Waals surface area contributed by atoms with E-state index in [0.717, 1.165) is 24.3 Å². The molecule has 0 saturated carbocycles. The van der Waals surface area contributed by atoms with E-state index in [2.05, 4.69) is 35.4 Å². The van der Waals surface area contributed by atoms with Crippen molar-refractivity contribution in [2.75, 3.05) is 6.54 Å². The number of hydrogen-bond acceptors (Lipinski definition) is 3. The number of hydrogen-bond donors (Lipinski definition) is 1. The summed E-state index contributed by atoms with van der Waals surface area (Å²) in [6.45, 7) is 6.27. The van der Waals surface area contributed by atoms with Crippen LogP contribution in [0.15, 0.2) is 30.7 Å². The maximum absolute atomic E-state index is 4.52. The van der Waals surface area contributed by atoms with E-state index in [4.69, 9.17) is 0 Å². The fourth-order valence-corrected chi connectivity index (χ4v) is 1.91. The van der Waals surface area contributed by atoms with Crippen molar-refractivity contribution >= 4 is 0 Å². The fourth-order valence-electron chi connectivity index (χ4n) is 1.91. The summed E-state index contributed by atoms with van der Waals surface area (Å²) in [7, 11) is 1.95. The number of aromatic nitrogens is 3. The van der Waals surface area contributed by atoms with Crippen molar-refractivity contribution in [1.29, 1.82) is 0 Å². The van der Waals surface area contributed by atoms with Crippen molar-refractivity contribution < 1.29 is 0 Å². The van der Waals surface area contributed by atoms with Gasteiger partial charge in [-0.05, 0) is 24.6 Å². The second-order valence-electron chi connectivity index (χ2n) is 4.94. The van der Waals surface area contributed by atoms with Crippen molar-refractivity contribution in [3.8, 4) is 11.3 Å². The average molecular weight is 244 g/mol. The van der Waals surface area contributed by atoms with Gasteiger partial charge >= 0.3 is 0 Å². The molecule has 0 unspecified atom stereocenters. The lowest BCUT2D eigenvalue weighted by Crippen LogP contribution is -2.19. The monoisotopic (exact) mass is 244 g/mol. The molecule has 4 heteroatoms. The summed E-state index contributed by atoms with van der Waals surface area (Å²) in [4.78, 5) is 4.15. The second-order valence-corrected chi connectivity index (χ2v) is 4.94. The highest BCUT2D eigenvalue weighted by Gasteiger charge is 2.09. The molecule has 0 atom stereocenters. The zero-order chi connectivity index (χ0) is 13.0. The minimum Gasteiger partial charge on any atom is -0.312 e. The standard InChI is InChI=1S/C14H20N4/c1-11(2)7-16-9-13-10-18(3)17-14(13)12-5-4-6-15-8-12/h4-6,8,10-11,16H,7,9H2,1-3H3. The molecule has 2 rings (SSSR count). The van der Waals surface area contributed by atoms with E-state index in [0.29, 0.717) is 5.92 Å². The maximum atomic E-state index is 4.52. The molecule has 0 aliphatic rings. The van der Waals surface area contributed by atoms with Gasteiger partial charge in [-0.2, -0.15) is 5.10 Å². The van der Waals surface area contributed by atoms with Gasteiger partial charge in [0.05, 0.1) is 5.69 Å². The first-order valence-corrected chi connectivity index (χ1v) is 6.30. The molecule has 4 nitrogen and oxygen atoms in total. The second kappa shape index (κ2) is 5.78. The van der Waals surface area contributed by atoms with Gasteiger partial charge in [-0.25, -0.2) is 0 Å². The Bertz CT molecular complexity index is 488. The lowest BCUT2D eigenvalue weighted by Gasteiger charge is -2.07. The molecule has 0 fully saturated rings. The van der Waals surface area contributed by atoms with Crippen LogP contribution >= 0.6 is 0 Å². The third-order valence-electron chi connectivity index (χ3n) is 2.71. The Morgan fingerprint density at radius 3 is 2.89 bits per heavy atom. The normalized spacial score (nSPS) is 11.1. The molecule has 2 aromatic heterocycles. The third-order valence-corrected chi connectivity index (χ3v) is 2.71. The van der Waals surface area contributed by atoms with Crippen molar-refractivity contribution in [2.24, 2.45) is 13.0 Å². The highest BCUT2D eigenvalue weighted by Crippen LogP contribution is 2.20. The van der Waals surface area contributed by atoms with E-state index >= 15 is 0 Å². The minimum absolute atomic E-state index is 0.656. The summed E-state index contributed by atoms with van der Waals surface area (Å²) in [5.74, 6) is 0.656. The van der Waals surface area contributed by atoms with Crippen LogP contribution in [0.25, 0.3) is 11.3 Å². The number of nitrogens with zero attached hydrogens (tertiary/aromatic N) is 3. The largest absolute Gasteiger partial charge is 0.312 e. The molecule has 96 valence electrons. The van der Waals surface area contributed by atoms with Gasteiger partial charge in [0.1, 0.15) is 0 Å². The van der Waals surface area contributed by atoms with Crippen molar-refractivity contribution in [3.63, 3.8) is 0 Å². The Hall–Kier alpha value is -1.68. The number of pyridine rings is 1. The minimum atomic E-state index is 0.656. The van der Waals surface area contributed by atoms with Gasteiger partial charge < -0.3 is 5.32 Å². The van der Waals surface area contributed by atoms with Gasteiger partial charge in [-0.15, -0.1) is 0 Å². The Morgan fingerprint density at radius 2 is 2.22 bits per heavy atom. The van der Waals surface area contributed by atoms with Crippen LogP contribution in [-0.2, 0) is 13.6 Å². The van der Waals surface area contributed by atoms with Crippen molar-refractivity contribution in [1.82, 2.24) is 20.1 Å². The molecule has 18 heavy (non-hydrogen) atoms. The van der Waals surface area contributed by atoms with Gasteiger partial charge in [0.2, 0.25) is 0 Å². The van der Waals surface area contributed by atoms with E-state index in [1.54, 1.807) is 6.20 Å². The molecule has 0 aliphatic heterocycles. The molecule has 0 amide bonds. The first kappa shape index (κ1) is 12.8. The third kappa shape index (κ3) is 3.17. The lowest BCUT2D eigenvalue weighted by atomic mass is 10.1. The number of nitrogens with one attached hydrogen (secondary N) is 1. The Balaban J connectivity index is 2.16. The summed E-state index contributed by atoms with van der Waals surface area (Å²) in [6.07, 6.45) is 5.70. The maximum Gasteiger partial charge on any atom is 0.0983 e. The quantitative estimate of drug-likeness (QED) is 0.877. The molecule has 2 heterocycles. The van der Waals surface area contributed by atoms with Crippen LogP contribution in [0.5, 0.6) is 0 Å².